The van der Waals surface area contributed by atoms with Crippen molar-refractivity contribution in [2.45, 2.75) is 11.6 Å². The van der Waals surface area contributed by atoms with E-state index in [1.54, 1.807) is 23.9 Å². The summed E-state index contributed by atoms with van der Waals surface area (Å²) >= 11 is 9.05. The number of nitrogens with zero attached hydrogens (tertiary/aromatic N) is 1. The number of thioether (sulfide) groups is 2. The number of nitrogens with one attached hydrogen (secondary N) is 1. The molecule has 0 aliphatic heterocycles. The molecule has 0 saturated carbocycles. The van der Waals surface area contributed by atoms with Crippen molar-refractivity contribution in [3.8, 4) is 0 Å². The van der Waals surface area contributed by atoms with Gasteiger partial charge in [0.2, 0.25) is 0 Å². The van der Waals surface area contributed by atoms with Gasteiger partial charge in [-0.05, 0) is 18.4 Å². The average Bonchev–Trinajstić information content (AvgIpc) is 2.40. The maximum absolute atomic E-state index is 13.7. The fourth-order valence-electron chi connectivity index (χ4n) is 1.64. The molecule has 3 nitrogen and oxygen atoms in total. The number of aromatic amines is 1. The molecular formula is C13H12ClFN2OS2. The van der Waals surface area contributed by atoms with Gasteiger partial charge in [-0.25, -0.2) is 9.37 Å². The van der Waals surface area contributed by atoms with Gasteiger partial charge in [-0.15, -0.1) is 0 Å². The summed E-state index contributed by atoms with van der Waals surface area (Å²) in [6, 6.07) is 5.88. The molecule has 1 N–H and O–H groups in total. The second kappa shape index (κ2) is 7.15. The lowest BCUT2D eigenvalue weighted by Crippen LogP contribution is -2.11. The molecule has 0 saturated heterocycles. The maximum atomic E-state index is 13.7. The van der Waals surface area contributed by atoms with Gasteiger partial charge in [0, 0.05) is 28.2 Å². The van der Waals surface area contributed by atoms with Crippen LogP contribution in [0.25, 0.3) is 0 Å². The van der Waals surface area contributed by atoms with Crippen LogP contribution in [0, 0.1) is 5.82 Å². The van der Waals surface area contributed by atoms with Gasteiger partial charge in [0.1, 0.15) is 5.82 Å². The molecule has 0 unspecified atom stereocenters. The average molecular weight is 331 g/mol. The van der Waals surface area contributed by atoms with Crippen LogP contribution in [0.4, 0.5) is 4.39 Å². The van der Waals surface area contributed by atoms with Crippen molar-refractivity contribution in [3.05, 3.63) is 56.7 Å². The quantitative estimate of drug-likeness (QED) is 0.517. The summed E-state index contributed by atoms with van der Waals surface area (Å²) in [7, 11) is 0. The van der Waals surface area contributed by atoms with Crippen molar-refractivity contribution in [1.29, 1.82) is 0 Å². The number of benzene rings is 1. The van der Waals surface area contributed by atoms with Crippen LogP contribution in [0.1, 0.15) is 11.3 Å². The Morgan fingerprint density at radius 3 is 2.95 bits per heavy atom. The second-order valence-electron chi connectivity index (χ2n) is 3.97. The highest BCUT2D eigenvalue weighted by molar-refractivity contribution is 8.15. The predicted octanol–water partition coefficient (Wildman–Crippen LogP) is 3.57. The summed E-state index contributed by atoms with van der Waals surface area (Å²) in [6.45, 7) is 0. The summed E-state index contributed by atoms with van der Waals surface area (Å²) in [5.74, 6) is -0.391. The zero-order valence-corrected chi connectivity index (χ0v) is 13.0. The van der Waals surface area contributed by atoms with Crippen LogP contribution in [0.3, 0.4) is 0 Å². The first-order valence-electron chi connectivity index (χ1n) is 5.75. The molecule has 0 amide bonds. The molecule has 2 rings (SSSR count). The van der Waals surface area contributed by atoms with E-state index in [0.717, 1.165) is 5.08 Å². The van der Waals surface area contributed by atoms with Crippen LogP contribution in [0.15, 0.2) is 34.2 Å². The van der Waals surface area contributed by atoms with E-state index in [0.29, 0.717) is 21.4 Å². The summed E-state index contributed by atoms with van der Waals surface area (Å²) < 4.78 is 13.7. The van der Waals surface area contributed by atoms with E-state index < -0.39 is 5.82 Å². The normalized spacial score (nSPS) is 10.8. The first-order valence-corrected chi connectivity index (χ1v) is 8.50. The van der Waals surface area contributed by atoms with E-state index in [9.17, 15) is 9.18 Å². The van der Waals surface area contributed by atoms with Crippen molar-refractivity contribution in [3.63, 3.8) is 0 Å². The highest BCUT2D eigenvalue weighted by Crippen LogP contribution is 2.22. The Morgan fingerprint density at radius 2 is 2.25 bits per heavy atom. The first kappa shape index (κ1) is 15.4. The van der Waals surface area contributed by atoms with Crippen LogP contribution >= 0.6 is 35.1 Å². The van der Waals surface area contributed by atoms with Gasteiger partial charge in [0.05, 0.1) is 5.69 Å². The van der Waals surface area contributed by atoms with Crippen molar-refractivity contribution in [2.75, 3.05) is 11.3 Å². The minimum atomic E-state index is -0.391. The predicted molar refractivity (Wildman–Crippen MR) is 83.3 cm³/mol. The molecule has 7 heteroatoms. The molecule has 0 aliphatic rings. The van der Waals surface area contributed by atoms with Gasteiger partial charge in [0.15, 0.2) is 5.16 Å². The highest BCUT2D eigenvalue weighted by Gasteiger charge is 2.10. The van der Waals surface area contributed by atoms with Gasteiger partial charge in [-0.3, -0.25) is 4.79 Å². The Labute approximate surface area is 129 Å². The molecule has 1 aromatic carbocycles. The number of rotatable bonds is 5. The number of hydrogen-bond acceptors (Lipinski definition) is 4. The van der Waals surface area contributed by atoms with E-state index in [1.165, 1.54) is 23.9 Å². The van der Waals surface area contributed by atoms with E-state index in [2.05, 4.69) is 9.97 Å². The highest BCUT2D eigenvalue weighted by atomic mass is 35.5. The lowest BCUT2D eigenvalue weighted by molar-refractivity contribution is 0.612. The van der Waals surface area contributed by atoms with Gasteiger partial charge in [-0.1, -0.05) is 29.4 Å². The maximum Gasteiger partial charge on any atom is 0.251 e. The van der Waals surface area contributed by atoms with Gasteiger partial charge in [0.25, 0.3) is 5.56 Å². The minimum absolute atomic E-state index is 0.197. The molecule has 1 heterocycles. The smallest absolute Gasteiger partial charge is 0.251 e. The van der Waals surface area contributed by atoms with Crippen LogP contribution in [-0.4, -0.2) is 21.3 Å². The standard InChI is InChI=1S/C13H12ClFN2OS2/c1-19-7-20-13-16-8(6-12(18)17-13)5-9-10(14)3-2-4-11(9)15/h2-4,6H,5,7H2,1H3,(H,16,17,18). The van der Waals surface area contributed by atoms with Crippen LogP contribution < -0.4 is 5.56 Å². The zero-order valence-electron chi connectivity index (χ0n) is 10.7. The third-order valence-electron chi connectivity index (χ3n) is 2.51. The monoisotopic (exact) mass is 330 g/mol. The van der Waals surface area contributed by atoms with Crippen LogP contribution in [-0.2, 0) is 6.42 Å². The summed E-state index contributed by atoms with van der Waals surface area (Å²) in [5.41, 5.74) is 0.614. The van der Waals surface area contributed by atoms with Crippen molar-refractivity contribution >= 4 is 35.1 Å². The molecule has 0 radical (unpaired) electrons. The minimum Gasteiger partial charge on any atom is -0.301 e. The van der Waals surface area contributed by atoms with Crippen molar-refractivity contribution < 1.29 is 4.39 Å². The molecule has 0 aliphatic carbocycles. The van der Waals surface area contributed by atoms with E-state index in [1.807, 2.05) is 6.26 Å². The van der Waals surface area contributed by atoms with Crippen LogP contribution in [0.5, 0.6) is 0 Å². The van der Waals surface area contributed by atoms with Gasteiger partial charge >= 0.3 is 0 Å². The fraction of sp³-hybridized carbons (Fsp3) is 0.231. The summed E-state index contributed by atoms with van der Waals surface area (Å²) in [5, 5.41) is 1.66. The molecular weight excluding hydrogens is 319 g/mol. The first-order chi connectivity index (χ1) is 9.60. The van der Waals surface area contributed by atoms with Crippen molar-refractivity contribution in [1.82, 2.24) is 9.97 Å². The molecule has 0 fully saturated rings. The molecule has 0 spiro atoms. The Hall–Kier alpha value is -0.980. The lowest BCUT2D eigenvalue weighted by atomic mass is 10.1. The topological polar surface area (TPSA) is 45.8 Å². The van der Waals surface area contributed by atoms with E-state index >= 15 is 0 Å². The molecule has 1 aromatic heterocycles. The van der Waals surface area contributed by atoms with E-state index in [4.69, 9.17) is 11.6 Å². The molecule has 0 atom stereocenters. The van der Waals surface area contributed by atoms with E-state index in [-0.39, 0.29) is 12.0 Å². The lowest BCUT2D eigenvalue weighted by Gasteiger charge is -2.06. The summed E-state index contributed by atoms with van der Waals surface area (Å²) in [4.78, 5) is 18.6. The number of H-pyrrole nitrogens is 1. The molecule has 106 valence electrons. The van der Waals surface area contributed by atoms with Crippen molar-refractivity contribution in [2.24, 2.45) is 0 Å². The third-order valence-corrected chi connectivity index (χ3v) is 4.74. The Morgan fingerprint density at radius 1 is 1.45 bits per heavy atom. The number of aromatic nitrogens is 2. The molecule has 20 heavy (non-hydrogen) atoms. The Balaban J connectivity index is 2.29. The third kappa shape index (κ3) is 4.01. The Kier molecular flexibility index (Phi) is 5.51. The van der Waals surface area contributed by atoms with Crippen LogP contribution in [0.2, 0.25) is 5.02 Å². The molecule has 0 bridgehead atoms. The number of halogens is 2. The Bertz CT molecular complexity index is 643. The van der Waals surface area contributed by atoms with Gasteiger partial charge < -0.3 is 4.98 Å². The largest absolute Gasteiger partial charge is 0.301 e. The summed E-state index contributed by atoms with van der Waals surface area (Å²) in [6.07, 6.45) is 2.16. The zero-order chi connectivity index (χ0) is 14.5. The fourth-order valence-corrected chi connectivity index (χ4v) is 3.14. The SMILES string of the molecule is CSCSc1nc(Cc2c(F)cccc2Cl)cc(=O)[nH]1. The number of hydrogen-bond donors (Lipinski definition) is 1. The second-order valence-corrected chi connectivity index (χ2v) is 6.57. The van der Waals surface area contributed by atoms with Gasteiger partial charge in [-0.2, -0.15) is 11.8 Å². The molecule has 2 aromatic rings.